The third kappa shape index (κ3) is 3.75. The number of rotatable bonds is 7. The van der Waals surface area contributed by atoms with Crippen molar-refractivity contribution in [1.29, 1.82) is 0 Å². The third-order valence-electron chi connectivity index (χ3n) is 5.52. The van der Waals surface area contributed by atoms with E-state index in [-0.39, 0.29) is 12.1 Å². The van der Waals surface area contributed by atoms with Crippen LogP contribution < -0.4 is 10.5 Å². The van der Waals surface area contributed by atoms with Gasteiger partial charge in [0.2, 0.25) is 5.95 Å². The minimum absolute atomic E-state index is 0.0693. The van der Waals surface area contributed by atoms with Crippen LogP contribution in [-0.2, 0) is 13.6 Å². The molecule has 1 aromatic carbocycles. The molecule has 0 saturated carbocycles. The fraction of sp³-hybridized carbons (Fsp3) is 0.440. The van der Waals surface area contributed by atoms with Crippen LogP contribution in [0.4, 0.5) is 5.95 Å². The van der Waals surface area contributed by atoms with Gasteiger partial charge in [0.05, 0.1) is 11.9 Å². The number of anilines is 1. The van der Waals surface area contributed by atoms with Crippen LogP contribution in [0.15, 0.2) is 23.1 Å². The van der Waals surface area contributed by atoms with Crippen LogP contribution in [0.5, 0.6) is 0 Å². The van der Waals surface area contributed by atoms with Gasteiger partial charge in [-0.3, -0.25) is 9.36 Å². The molecule has 3 rings (SSSR count). The first kappa shape index (κ1) is 21.7. The van der Waals surface area contributed by atoms with Crippen LogP contribution in [0.3, 0.4) is 0 Å². The molecule has 3 aromatic rings. The molecule has 0 saturated heterocycles. The predicted octanol–water partition coefficient (Wildman–Crippen LogP) is 4.59. The van der Waals surface area contributed by atoms with Crippen LogP contribution >= 0.6 is 0 Å². The number of hydrogen-bond donors (Lipinski definition) is 0. The first-order valence-electron chi connectivity index (χ1n) is 10.7. The second-order valence-electron chi connectivity index (χ2n) is 8.12. The Labute approximate surface area is 179 Å². The average Bonchev–Trinajstić information content (AvgIpc) is 2.99. The smallest absolute Gasteiger partial charge is 0.265 e. The summed E-state index contributed by atoms with van der Waals surface area (Å²) < 4.78 is 3.63. The number of fused-ring (bicyclic) bond motifs is 1. The van der Waals surface area contributed by atoms with Gasteiger partial charge in [-0.2, -0.15) is 4.98 Å². The lowest BCUT2D eigenvalue weighted by atomic mass is 9.94. The maximum atomic E-state index is 13.7. The first-order chi connectivity index (χ1) is 14.3. The lowest BCUT2D eigenvalue weighted by Crippen LogP contribution is -2.34. The van der Waals surface area contributed by atoms with Crippen molar-refractivity contribution in [3.05, 3.63) is 45.4 Å². The number of aromatic nitrogens is 3. The average molecular weight is 405 g/mol. The summed E-state index contributed by atoms with van der Waals surface area (Å²) in [6, 6.07) is 4.32. The minimum atomic E-state index is -0.0693. The van der Waals surface area contributed by atoms with E-state index in [4.69, 9.17) is 11.4 Å². The molecule has 30 heavy (non-hydrogen) atoms. The van der Waals surface area contributed by atoms with Crippen molar-refractivity contribution in [3.8, 4) is 23.5 Å². The third-order valence-corrected chi connectivity index (χ3v) is 5.52. The number of aryl methyl sites for hydroxylation is 4. The summed E-state index contributed by atoms with van der Waals surface area (Å²) in [5.74, 6) is 3.32. The van der Waals surface area contributed by atoms with Crippen molar-refractivity contribution >= 4 is 17.0 Å². The Hall–Kier alpha value is -3.00. The van der Waals surface area contributed by atoms with E-state index in [0.717, 1.165) is 48.2 Å². The van der Waals surface area contributed by atoms with Crippen molar-refractivity contribution in [2.75, 3.05) is 18.0 Å². The minimum Gasteiger partial charge on any atom is -0.342 e. The molecule has 0 aliphatic heterocycles. The van der Waals surface area contributed by atoms with E-state index >= 15 is 0 Å². The molecule has 0 atom stereocenters. The van der Waals surface area contributed by atoms with Crippen LogP contribution in [0, 0.1) is 33.1 Å². The Kier molecular flexibility index (Phi) is 6.36. The summed E-state index contributed by atoms with van der Waals surface area (Å²) in [6.45, 7) is 12.4. The molecule has 0 unspecified atom stereocenters. The molecule has 158 valence electrons. The Balaban J connectivity index is 2.38. The van der Waals surface area contributed by atoms with E-state index < -0.39 is 0 Å². The summed E-state index contributed by atoms with van der Waals surface area (Å²) in [5.41, 5.74) is 6.19. The fourth-order valence-electron chi connectivity index (χ4n) is 4.46. The highest BCUT2D eigenvalue weighted by atomic mass is 16.1. The number of hydrogen-bond acceptors (Lipinski definition) is 3. The van der Waals surface area contributed by atoms with Crippen LogP contribution in [0.1, 0.15) is 43.4 Å². The number of benzene rings is 1. The highest BCUT2D eigenvalue weighted by Gasteiger charge is 2.22. The molecule has 0 fully saturated rings. The standard InChI is InChI=1S/C25H32N4O/c1-8-11-28(12-9-2)25-26-23-22(24(30)29(25)13-10-3)20(16-27(23)7)21-18(5)14-17(4)15-19(21)6/h3,14-16H,8-9,11-13H2,1-2,4-7H3. The summed E-state index contributed by atoms with van der Waals surface area (Å²) in [7, 11) is 1.95. The van der Waals surface area contributed by atoms with Gasteiger partial charge in [-0.15, -0.1) is 6.42 Å². The van der Waals surface area contributed by atoms with Gasteiger partial charge in [-0.1, -0.05) is 37.5 Å². The molecule has 5 heteroatoms. The zero-order valence-corrected chi connectivity index (χ0v) is 19.0. The van der Waals surface area contributed by atoms with Crippen molar-refractivity contribution in [2.45, 2.75) is 54.0 Å². The van der Waals surface area contributed by atoms with Gasteiger partial charge in [0.1, 0.15) is 5.65 Å². The molecule has 2 heterocycles. The van der Waals surface area contributed by atoms with Gasteiger partial charge in [-0.25, -0.2) is 0 Å². The van der Waals surface area contributed by atoms with Crippen LogP contribution in [-0.4, -0.2) is 27.2 Å². The van der Waals surface area contributed by atoms with Crippen molar-refractivity contribution in [1.82, 2.24) is 14.1 Å². The largest absolute Gasteiger partial charge is 0.342 e. The lowest BCUT2D eigenvalue weighted by Gasteiger charge is -2.25. The summed E-state index contributed by atoms with van der Waals surface area (Å²) in [5, 5.41) is 0.638. The van der Waals surface area contributed by atoms with Gasteiger partial charge in [0.25, 0.3) is 5.56 Å². The Morgan fingerprint density at radius 3 is 2.23 bits per heavy atom. The fourth-order valence-corrected chi connectivity index (χ4v) is 4.46. The molecule has 0 aliphatic carbocycles. The van der Waals surface area contributed by atoms with Crippen molar-refractivity contribution < 1.29 is 0 Å². The topological polar surface area (TPSA) is 43.1 Å². The van der Waals surface area contributed by atoms with E-state index in [1.807, 2.05) is 17.8 Å². The highest BCUT2D eigenvalue weighted by Crippen LogP contribution is 2.34. The zero-order chi connectivity index (χ0) is 22.0. The molecule has 0 spiro atoms. The Morgan fingerprint density at radius 2 is 1.70 bits per heavy atom. The summed E-state index contributed by atoms with van der Waals surface area (Å²) >= 11 is 0. The number of terminal acetylenes is 1. The monoisotopic (exact) mass is 404 g/mol. The molecule has 0 aliphatic rings. The highest BCUT2D eigenvalue weighted by molar-refractivity contribution is 5.96. The van der Waals surface area contributed by atoms with E-state index in [1.165, 1.54) is 5.56 Å². The second kappa shape index (κ2) is 8.79. The predicted molar refractivity (Wildman–Crippen MR) is 126 cm³/mol. The summed E-state index contributed by atoms with van der Waals surface area (Å²) in [4.78, 5) is 20.9. The number of nitrogens with zero attached hydrogens (tertiary/aromatic N) is 4. The first-order valence-corrected chi connectivity index (χ1v) is 10.7. The Bertz CT molecular complexity index is 1150. The second-order valence-corrected chi connectivity index (χ2v) is 8.12. The normalized spacial score (nSPS) is 11.1. The maximum Gasteiger partial charge on any atom is 0.265 e. The molecule has 0 N–H and O–H groups in total. The van der Waals surface area contributed by atoms with E-state index in [2.05, 4.69) is 57.6 Å². The van der Waals surface area contributed by atoms with Gasteiger partial charge >= 0.3 is 0 Å². The van der Waals surface area contributed by atoms with Gasteiger partial charge < -0.3 is 9.47 Å². The zero-order valence-electron chi connectivity index (χ0n) is 19.0. The van der Waals surface area contributed by atoms with Crippen molar-refractivity contribution in [3.63, 3.8) is 0 Å². The quantitative estimate of drug-likeness (QED) is 0.541. The van der Waals surface area contributed by atoms with Gasteiger partial charge in [0, 0.05) is 31.9 Å². The SMILES string of the molecule is C#CCn1c(N(CCC)CCC)nc2c(c(-c3c(C)cc(C)cc3C)cn2C)c1=O. The van der Waals surface area contributed by atoms with E-state index in [1.54, 1.807) is 4.57 Å². The lowest BCUT2D eigenvalue weighted by molar-refractivity contribution is 0.669. The summed E-state index contributed by atoms with van der Waals surface area (Å²) in [6.07, 6.45) is 9.63. The maximum absolute atomic E-state index is 13.7. The Morgan fingerprint density at radius 1 is 1.10 bits per heavy atom. The van der Waals surface area contributed by atoms with Crippen LogP contribution in [0.2, 0.25) is 0 Å². The molecule has 0 radical (unpaired) electrons. The van der Waals surface area contributed by atoms with Crippen LogP contribution in [0.25, 0.3) is 22.2 Å². The molecular weight excluding hydrogens is 372 g/mol. The molecule has 2 aromatic heterocycles. The van der Waals surface area contributed by atoms with Crippen molar-refractivity contribution in [2.24, 2.45) is 7.05 Å². The van der Waals surface area contributed by atoms with E-state index in [0.29, 0.717) is 17.0 Å². The molecule has 5 nitrogen and oxygen atoms in total. The molecule has 0 amide bonds. The van der Waals surface area contributed by atoms with E-state index in [9.17, 15) is 4.79 Å². The molecule has 0 bridgehead atoms. The molecular formula is C25H32N4O. The van der Waals surface area contributed by atoms with Gasteiger partial charge in [-0.05, 0) is 50.3 Å². The van der Waals surface area contributed by atoms with Gasteiger partial charge in [0.15, 0.2) is 0 Å².